The minimum absolute atomic E-state index is 0.134. The SMILES string of the molecule is O=C1CCC(N2Cc3cc(CN[C@H]4CCCC[C@H]4OCc4ccccc4)ccc3C2=O)C(=O)N1. The highest BCUT2D eigenvalue weighted by atomic mass is 16.5. The summed E-state index contributed by atoms with van der Waals surface area (Å²) in [5.74, 6) is -0.781. The van der Waals surface area contributed by atoms with Crippen molar-refractivity contribution in [3.8, 4) is 0 Å². The first-order valence-electron chi connectivity index (χ1n) is 12.2. The van der Waals surface area contributed by atoms with Crippen LogP contribution >= 0.6 is 0 Å². The van der Waals surface area contributed by atoms with Crippen molar-refractivity contribution in [1.82, 2.24) is 15.5 Å². The van der Waals surface area contributed by atoms with Gasteiger partial charge in [-0.05, 0) is 42.0 Å². The Morgan fingerprint density at radius 2 is 1.79 bits per heavy atom. The Bertz CT molecular complexity index is 1070. The average molecular weight is 462 g/mol. The van der Waals surface area contributed by atoms with Crippen LogP contribution in [0.15, 0.2) is 48.5 Å². The Morgan fingerprint density at radius 3 is 2.62 bits per heavy atom. The smallest absolute Gasteiger partial charge is 0.255 e. The normalized spacial score (nSPS) is 24.8. The van der Waals surface area contributed by atoms with Crippen LogP contribution in [0.5, 0.6) is 0 Å². The third kappa shape index (κ3) is 4.91. The molecular formula is C27H31N3O4. The summed E-state index contributed by atoms with van der Waals surface area (Å²) in [5.41, 5.74) is 3.89. The summed E-state index contributed by atoms with van der Waals surface area (Å²) in [6.07, 6.45) is 5.37. The molecule has 2 fully saturated rings. The number of nitrogens with zero attached hydrogens (tertiary/aromatic N) is 1. The van der Waals surface area contributed by atoms with Crippen LogP contribution in [0.3, 0.4) is 0 Å². The Labute approximate surface area is 199 Å². The van der Waals surface area contributed by atoms with Crippen molar-refractivity contribution in [2.24, 2.45) is 0 Å². The summed E-state index contributed by atoms with van der Waals surface area (Å²) < 4.78 is 6.28. The highest BCUT2D eigenvalue weighted by Gasteiger charge is 2.39. The predicted octanol–water partition coefficient (Wildman–Crippen LogP) is 3.07. The number of fused-ring (bicyclic) bond motifs is 1. The highest BCUT2D eigenvalue weighted by molar-refractivity contribution is 6.05. The quantitative estimate of drug-likeness (QED) is 0.619. The summed E-state index contributed by atoms with van der Waals surface area (Å²) >= 11 is 0. The van der Waals surface area contributed by atoms with E-state index in [1.165, 1.54) is 18.4 Å². The lowest BCUT2D eigenvalue weighted by molar-refractivity contribution is -0.136. The maximum absolute atomic E-state index is 12.9. The lowest BCUT2D eigenvalue weighted by Crippen LogP contribution is -2.52. The van der Waals surface area contributed by atoms with Crippen molar-refractivity contribution in [2.45, 2.75) is 76.4 Å². The lowest BCUT2D eigenvalue weighted by atomic mass is 9.92. The van der Waals surface area contributed by atoms with Crippen molar-refractivity contribution in [1.29, 1.82) is 0 Å². The number of amides is 3. The van der Waals surface area contributed by atoms with E-state index in [0.29, 0.717) is 37.7 Å². The van der Waals surface area contributed by atoms with Gasteiger partial charge in [0.2, 0.25) is 11.8 Å². The molecule has 3 atom stereocenters. The Kier molecular flexibility index (Phi) is 6.74. The molecule has 1 saturated carbocycles. The molecule has 178 valence electrons. The predicted molar refractivity (Wildman–Crippen MR) is 127 cm³/mol. The van der Waals surface area contributed by atoms with Crippen LogP contribution in [0.2, 0.25) is 0 Å². The van der Waals surface area contributed by atoms with Crippen LogP contribution in [0, 0.1) is 0 Å². The molecule has 5 rings (SSSR count). The van der Waals surface area contributed by atoms with Gasteiger partial charge in [-0.25, -0.2) is 0 Å². The Hall–Kier alpha value is -3.03. The third-order valence-corrected chi connectivity index (χ3v) is 7.17. The molecular weight excluding hydrogens is 430 g/mol. The van der Waals surface area contributed by atoms with E-state index in [-0.39, 0.29) is 30.2 Å². The van der Waals surface area contributed by atoms with E-state index in [2.05, 4.69) is 28.8 Å². The number of ether oxygens (including phenoxy) is 1. The minimum atomic E-state index is -0.580. The van der Waals surface area contributed by atoms with Gasteiger partial charge in [0, 0.05) is 31.1 Å². The Balaban J connectivity index is 1.19. The van der Waals surface area contributed by atoms with Crippen LogP contribution in [0.4, 0.5) is 0 Å². The van der Waals surface area contributed by atoms with Gasteiger partial charge >= 0.3 is 0 Å². The second kappa shape index (κ2) is 10.1. The maximum atomic E-state index is 12.9. The summed E-state index contributed by atoms with van der Waals surface area (Å²) in [4.78, 5) is 38.2. The first-order chi connectivity index (χ1) is 16.6. The first kappa shape index (κ1) is 22.7. The molecule has 0 bridgehead atoms. The molecule has 2 aromatic carbocycles. The van der Waals surface area contributed by atoms with Crippen LogP contribution in [0.25, 0.3) is 0 Å². The monoisotopic (exact) mass is 461 g/mol. The molecule has 7 heteroatoms. The van der Waals surface area contributed by atoms with Gasteiger partial charge in [-0.3, -0.25) is 19.7 Å². The van der Waals surface area contributed by atoms with Gasteiger partial charge in [-0.1, -0.05) is 55.3 Å². The number of hydrogen-bond acceptors (Lipinski definition) is 5. The van der Waals surface area contributed by atoms with E-state index in [4.69, 9.17) is 4.74 Å². The number of imide groups is 1. The molecule has 2 heterocycles. The summed E-state index contributed by atoms with van der Waals surface area (Å²) in [6.45, 7) is 1.73. The van der Waals surface area contributed by atoms with Crippen LogP contribution in [0.1, 0.15) is 65.6 Å². The number of nitrogens with one attached hydrogen (secondary N) is 2. The number of benzene rings is 2. The topological polar surface area (TPSA) is 87.7 Å². The van der Waals surface area contributed by atoms with Gasteiger partial charge < -0.3 is 15.0 Å². The summed E-state index contributed by atoms with van der Waals surface area (Å²) in [7, 11) is 0. The molecule has 0 spiro atoms. The molecule has 1 saturated heterocycles. The largest absolute Gasteiger partial charge is 0.372 e. The zero-order valence-electron chi connectivity index (χ0n) is 19.3. The fourth-order valence-electron chi connectivity index (χ4n) is 5.29. The second-order valence-electron chi connectivity index (χ2n) is 9.50. The lowest BCUT2D eigenvalue weighted by Gasteiger charge is -2.32. The molecule has 2 aromatic rings. The summed E-state index contributed by atoms with van der Waals surface area (Å²) in [5, 5.41) is 6.04. The van der Waals surface area contributed by atoms with Gasteiger partial charge in [-0.2, -0.15) is 0 Å². The van der Waals surface area contributed by atoms with Crippen molar-refractivity contribution in [3.05, 3.63) is 70.8 Å². The van der Waals surface area contributed by atoms with Gasteiger partial charge in [0.15, 0.2) is 0 Å². The van der Waals surface area contributed by atoms with Crippen molar-refractivity contribution < 1.29 is 19.1 Å². The molecule has 1 aliphatic carbocycles. The van der Waals surface area contributed by atoms with Crippen LogP contribution < -0.4 is 10.6 Å². The van der Waals surface area contributed by atoms with Gasteiger partial charge in [0.05, 0.1) is 12.7 Å². The average Bonchev–Trinajstić information content (AvgIpc) is 3.18. The second-order valence-corrected chi connectivity index (χ2v) is 9.50. The standard InChI is InChI=1S/C27H31N3O4/c31-25-13-12-23(26(32)29-25)30-16-20-14-19(10-11-21(20)27(30)33)15-28-22-8-4-5-9-24(22)34-17-18-6-2-1-3-7-18/h1-3,6-7,10-11,14,22-24,28H,4-5,8-9,12-13,15-17H2,(H,29,31,32)/t22-,23?,24+/m0/s1. The van der Waals surface area contributed by atoms with E-state index in [1.807, 2.05) is 30.3 Å². The molecule has 0 aromatic heterocycles. The fourth-order valence-corrected chi connectivity index (χ4v) is 5.29. The number of rotatable bonds is 7. The van der Waals surface area contributed by atoms with Crippen LogP contribution in [-0.4, -0.2) is 40.8 Å². The van der Waals surface area contributed by atoms with E-state index in [9.17, 15) is 14.4 Å². The number of carbonyl (C=O) groups excluding carboxylic acids is 3. The number of piperidine rings is 1. The Morgan fingerprint density at radius 1 is 0.971 bits per heavy atom. The minimum Gasteiger partial charge on any atom is -0.372 e. The summed E-state index contributed by atoms with van der Waals surface area (Å²) in [6, 6.07) is 15.9. The molecule has 3 amide bonds. The molecule has 1 unspecified atom stereocenters. The number of hydrogen-bond donors (Lipinski definition) is 2. The van der Waals surface area contributed by atoms with Gasteiger partial charge in [-0.15, -0.1) is 0 Å². The van der Waals surface area contributed by atoms with Gasteiger partial charge in [0.1, 0.15) is 6.04 Å². The first-order valence-corrected chi connectivity index (χ1v) is 12.2. The van der Waals surface area contributed by atoms with E-state index >= 15 is 0 Å². The molecule has 34 heavy (non-hydrogen) atoms. The fraction of sp³-hybridized carbons (Fsp3) is 0.444. The van der Waals surface area contributed by atoms with Crippen molar-refractivity contribution >= 4 is 17.7 Å². The molecule has 2 N–H and O–H groups in total. The van der Waals surface area contributed by atoms with Gasteiger partial charge in [0.25, 0.3) is 5.91 Å². The van der Waals surface area contributed by atoms with E-state index in [0.717, 1.165) is 24.0 Å². The highest BCUT2D eigenvalue weighted by Crippen LogP contribution is 2.29. The number of carbonyl (C=O) groups is 3. The molecule has 0 radical (unpaired) electrons. The maximum Gasteiger partial charge on any atom is 0.255 e. The molecule has 3 aliphatic rings. The molecule has 7 nitrogen and oxygen atoms in total. The van der Waals surface area contributed by atoms with Crippen molar-refractivity contribution in [2.75, 3.05) is 0 Å². The zero-order valence-corrected chi connectivity index (χ0v) is 19.3. The van der Waals surface area contributed by atoms with E-state index in [1.54, 1.807) is 4.90 Å². The molecule has 2 aliphatic heterocycles. The third-order valence-electron chi connectivity index (χ3n) is 7.17. The van der Waals surface area contributed by atoms with E-state index < -0.39 is 6.04 Å². The van der Waals surface area contributed by atoms with Crippen molar-refractivity contribution in [3.63, 3.8) is 0 Å². The zero-order chi connectivity index (χ0) is 23.5. The van der Waals surface area contributed by atoms with Crippen LogP contribution in [-0.2, 0) is 34.0 Å².